The molecule has 1 fully saturated rings. The molecule has 0 spiro atoms. The molecule has 28 heavy (non-hydrogen) atoms. The number of nitrogens with zero attached hydrogens (tertiary/aromatic N) is 1. The first-order chi connectivity index (χ1) is 13.1. The summed E-state index contributed by atoms with van der Waals surface area (Å²) in [7, 11) is 0. The summed E-state index contributed by atoms with van der Waals surface area (Å²) in [6.07, 6.45) is 1.71. The Bertz CT molecular complexity index is 779. The molecular weight excluding hydrogens is 376 g/mol. The SMILES string of the molecule is Cl.NC(=O)CN(Cc1ccccc1)c1cccc(NC(=O)C2CCNCC2)c1. The number of amides is 2. The van der Waals surface area contributed by atoms with Gasteiger partial charge in [0.05, 0.1) is 6.54 Å². The Morgan fingerprint density at radius 1 is 1.07 bits per heavy atom. The van der Waals surface area contributed by atoms with E-state index < -0.39 is 5.91 Å². The van der Waals surface area contributed by atoms with Gasteiger partial charge in [-0.2, -0.15) is 0 Å². The van der Waals surface area contributed by atoms with E-state index in [1.165, 1.54) is 0 Å². The van der Waals surface area contributed by atoms with E-state index in [-0.39, 0.29) is 30.8 Å². The lowest BCUT2D eigenvalue weighted by Crippen LogP contribution is -2.35. The fourth-order valence-electron chi connectivity index (χ4n) is 3.34. The van der Waals surface area contributed by atoms with Crippen LogP contribution in [0.25, 0.3) is 0 Å². The number of piperidine rings is 1. The molecule has 7 heteroatoms. The van der Waals surface area contributed by atoms with Crippen molar-refractivity contribution in [3.05, 3.63) is 60.2 Å². The van der Waals surface area contributed by atoms with Crippen molar-refractivity contribution in [2.75, 3.05) is 29.9 Å². The molecule has 0 atom stereocenters. The van der Waals surface area contributed by atoms with Crippen molar-refractivity contribution in [3.8, 4) is 0 Å². The second-order valence-corrected chi connectivity index (χ2v) is 6.87. The van der Waals surface area contributed by atoms with Gasteiger partial charge in [0.1, 0.15) is 0 Å². The third-order valence-electron chi connectivity index (χ3n) is 4.75. The van der Waals surface area contributed by atoms with Gasteiger partial charge in [0.25, 0.3) is 0 Å². The fourth-order valence-corrected chi connectivity index (χ4v) is 3.34. The van der Waals surface area contributed by atoms with Crippen molar-refractivity contribution in [1.82, 2.24) is 5.32 Å². The van der Waals surface area contributed by atoms with Gasteiger partial charge in [0.15, 0.2) is 0 Å². The molecule has 3 rings (SSSR count). The lowest BCUT2D eigenvalue weighted by atomic mass is 9.97. The highest BCUT2D eigenvalue weighted by atomic mass is 35.5. The Hall–Kier alpha value is -2.57. The molecular formula is C21H27ClN4O2. The Kier molecular flexibility index (Phi) is 8.29. The molecule has 0 aliphatic carbocycles. The number of anilines is 2. The molecule has 2 amide bonds. The van der Waals surface area contributed by atoms with E-state index in [0.717, 1.165) is 42.9 Å². The molecule has 1 aliphatic rings. The van der Waals surface area contributed by atoms with Crippen molar-refractivity contribution < 1.29 is 9.59 Å². The number of hydrogen-bond donors (Lipinski definition) is 3. The Balaban J connectivity index is 0.00000280. The summed E-state index contributed by atoms with van der Waals surface area (Å²) in [5.41, 5.74) is 8.11. The van der Waals surface area contributed by atoms with Crippen LogP contribution < -0.4 is 21.3 Å². The maximum Gasteiger partial charge on any atom is 0.236 e. The first-order valence-corrected chi connectivity index (χ1v) is 9.30. The quantitative estimate of drug-likeness (QED) is 0.664. The number of nitrogens with two attached hydrogens (primary N) is 1. The average Bonchev–Trinajstić information content (AvgIpc) is 2.69. The number of rotatable bonds is 7. The third kappa shape index (κ3) is 6.25. The summed E-state index contributed by atoms with van der Waals surface area (Å²) in [6.45, 7) is 2.43. The van der Waals surface area contributed by atoms with Gasteiger partial charge in [-0.15, -0.1) is 12.4 Å². The van der Waals surface area contributed by atoms with Crippen molar-refractivity contribution in [2.24, 2.45) is 11.7 Å². The van der Waals surface area contributed by atoms with E-state index in [1.54, 1.807) is 0 Å². The molecule has 0 radical (unpaired) electrons. The predicted octanol–water partition coefficient (Wildman–Crippen LogP) is 2.54. The van der Waals surface area contributed by atoms with Crippen LogP contribution in [0.15, 0.2) is 54.6 Å². The van der Waals surface area contributed by atoms with Gasteiger partial charge in [-0.3, -0.25) is 9.59 Å². The highest BCUT2D eigenvalue weighted by Gasteiger charge is 2.21. The zero-order chi connectivity index (χ0) is 19.1. The number of nitrogens with one attached hydrogen (secondary N) is 2. The maximum atomic E-state index is 12.5. The number of carbonyl (C=O) groups excluding carboxylic acids is 2. The minimum absolute atomic E-state index is 0. The van der Waals surface area contributed by atoms with E-state index in [4.69, 9.17) is 5.73 Å². The van der Waals surface area contributed by atoms with Gasteiger partial charge in [-0.25, -0.2) is 0 Å². The van der Waals surface area contributed by atoms with Gasteiger partial charge in [0.2, 0.25) is 11.8 Å². The monoisotopic (exact) mass is 402 g/mol. The van der Waals surface area contributed by atoms with Crippen molar-refractivity contribution in [3.63, 3.8) is 0 Å². The summed E-state index contributed by atoms with van der Waals surface area (Å²) in [5, 5.41) is 6.28. The number of primary amides is 1. The standard InChI is InChI=1S/C21H26N4O2.ClH/c22-20(26)15-25(14-16-5-2-1-3-6-16)19-8-4-7-18(13-19)24-21(27)17-9-11-23-12-10-17;/h1-8,13,17,23H,9-12,14-15H2,(H2,22,26)(H,24,27);1H. The zero-order valence-electron chi connectivity index (χ0n) is 15.8. The van der Waals surface area contributed by atoms with Crippen LogP contribution >= 0.6 is 12.4 Å². The Morgan fingerprint density at radius 3 is 2.46 bits per heavy atom. The van der Waals surface area contributed by atoms with E-state index >= 15 is 0 Å². The second-order valence-electron chi connectivity index (χ2n) is 6.87. The molecule has 1 saturated heterocycles. The van der Waals surface area contributed by atoms with Gasteiger partial charge in [0, 0.05) is 23.8 Å². The lowest BCUT2D eigenvalue weighted by molar-refractivity contribution is -0.120. The van der Waals surface area contributed by atoms with Crippen molar-refractivity contribution in [1.29, 1.82) is 0 Å². The topological polar surface area (TPSA) is 87.5 Å². The Labute approximate surface area is 171 Å². The average molecular weight is 403 g/mol. The van der Waals surface area contributed by atoms with Gasteiger partial charge in [-0.05, 0) is 49.7 Å². The lowest BCUT2D eigenvalue weighted by Gasteiger charge is -2.25. The summed E-state index contributed by atoms with van der Waals surface area (Å²) < 4.78 is 0. The molecule has 2 aromatic carbocycles. The van der Waals surface area contributed by atoms with E-state index in [0.29, 0.717) is 6.54 Å². The molecule has 4 N–H and O–H groups in total. The smallest absolute Gasteiger partial charge is 0.236 e. The van der Waals surface area contributed by atoms with E-state index in [2.05, 4.69) is 10.6 Å². The number of halogens is 1. The van der Waals surface area contributed by atoms with Crippen LogP contribution in [-0.4, -0.2) is 31.4 Å². The summed E-state index contributed by atoms with van der Waals surface area (Å²) >= 11 is 0. The van der Waals surface area contributed by atoms with Gasteiger partial charge >= 0.3 is 0 Å². The molecule has 2 aromatic rings. The van der Waals surface area contributed by atoms with Crippen LogP contribution in [0.5, 0.6) is 0 Å². The van der Waals surface area contributed by atoms with E-state index in [9.17, 15) is 9.59 Å². The normalized spacial score (nSPS) is 14.0. The minimum atomic E-state index is -0.393. The molecule has 0 unspecified atom stereocenters. The molecule has 0 aromatic heterocycles. The maximum absolute atomic E-state index is 12.5. The highest BCUT2D eigenvalue weighted by molar-refractivity contribution is 5.93. The number of carbonyl (C=O) groups is 2. The second kappa shape index (κ2) is 10.7. The zero-order valence-corrected chi connectivity index (χ0v) is 16.6. The molecule has 0 saturated carbocycles. The summed E-state index contributed by atoms with van der Waals surface area (Å²) in [6, 6.07) is 17.5. The van der Waals surface area contributed by atoms with Crippen molar-refractivity contribution >= 4 is 35.6 Å². The number of hydrogen-bond acceptors (Lipinski definition) is 4. The minimum Gasteiger partial charge on any atom is -0.368 e. The largest absolute Gasteiger partial charge is 0.368 e. The van der Waals surface area contributed by atoms with Crippen LogP contribution in [0.2, 0.25) is 0 Å². The fraction of sp³-hybridized carbons (Fsp3) is 0.333. The van der Waals surface area contributed by atoms with Crippen LogP contribution in [-0.2, 0) is 16.1 Å². The van der Waals surface area contributed by atoms with Crippen LogP contribution in [0, 0.1) is 5.92 Å². The Morgan fingerprint density at radius 2 is 1.79 bits per heavy atom. The summed E-state index contributed by atoms with van der Waals surface area (Å²) in [4.78, 5) is 26.0. The number of benzene rings is 2. The van der Waals surface area contributed by atoms with Crippen LogP contribution in [0.1, 0.15) is 18.4 Å². The van der Waals surface area contributed by atoms with Gasteiger partial charge < -0.3 is 21.3 Å². The third-order valence-corrected chi connectivity index (χ3v) is 4.75. The molecule has 0 bridgehead atoms. The van der Waals surface area contributed by atoms with Gasteiger partial charge in [-0.1, -0.05) is 36.4 Å². The first-order valence-electron chi connectivity index (χ1n) is 9.30. The summed E-state index contributed by atoms with van der Waals surface area (Å²) in [5.74, 6) is -0.297. The first kappa shape index (κ1) is 21.7. The molecule has 6 nitrogen and oxygen atoms in total. The molecule has 1 aliphatic heterocycles. The van der Waals surface area contributed by atoms with Crippen molar-refractivity contribution in [2.45, 2.75) is 19.4 Å². The van der Waals surface area contributed by atoms with Crippen LogP contribution in [0.3, 0.4) is 0 Å². The predicted molar refractivity (Wildman–Crippen MR) is 115 cm³/mol. The highest BCUT2D eigenvalue weighted by Crippen LogP contribution is 2.23. The molecule has 1 heterocycles. The molecule has 150 valence electrons. The van der Waals surface area contributed by atoms with Crippen LogP contribution in [0.4, 0.5) is 11.4 Å². The van der Waals surface area contributed by atoms with E-state index in [1.807, 2.05) is 59.5 Å².